The largest absolute Gasteiger partial charge is 0.461 e. The second-order valence-electron chi connectivity index (χ2n) is 5.42. The number of ether oxygens (including phenoxy) is 1. The second kappa shape index (κ2) is 5.45. The van der Waals surface area contributed by atoms with Crippen molar-refractivity contribution >= 4 is 45.1 Å². The number of esters is 1. The van der Waals surface area contributed by atoms with E-state index in [1.54, 1.807) is 38.1 Å². The molecule has 0 spiro atoms. The molecular weight excluding hydrogens is 366 g/mol. The molecule has 2 aliphatic heterocycles. The van der Waals surface area contributed by atoms with Gasteiger partial charge in [0.05, 0.1) is 12.3 Å². The Hall–Kier alpha value is -2.22. The van der Waals surface area contributed by atoms with Gasteiger partial charge in [0.1, 0.15) is 11.5 Å². The van der Waals surface area contributed by atoms with Crippen molar-refractivity contribution in [1.29, 1.82) is 0 Å². The molecule has 0 saturated carbocycles. The van der Waals surface area contributed by atoms with Crippen LogP contribution in [0.2, 0.25) is 0 Å². The minimum absolute atomic E-state index is 0.0627. The first-order valence-electron chi connectivity index (χ1n) is 7.06. The lowest BCUT2D eigenvalue weighted by molar-refractivity contribution is -0.136. The van der Waals surface area contributed by atoms with Gasteiger partial charge in [0.2, 0.25) is 5.91 Å². The van der Waals surface area contributed by atoms with Gasteiger partial charge in [-0.3, -0.25) is 15.0 Å². The van der Waals surface area contributed by atoms with Crippen LogP contribution < -0.4 is 10.3 Å². The van der Waals surface area contributed by atoms with Gasteiger partial charge in [-0.15, -0.1) is 0 Å². The van der Waals surface area contributed by atoms with E-state index >= 15 is 0 Å². The Bertz CT molecular complexity index is 731. The molecule has 2 aliphatic rings. The maximum Gasteiger partial charge on any atom is 0.355 e. The van der Waals surface area contributed by atoms with Crippen LogP contribution in [0.5, 0.6) is 0 Å². The van der Waals surface area contributed by atoms with Gasteiger partial charge < -0.3 is 4.74 Å². The first kappa shape index (κ1) is 15.7. The van der Waals surface area contributed by atoms with Crippen molar-refractivity contribution in [2.45, 2.75) is 19.4 Å². The van der Waals surface area contributed by atoms with Gasteiger partial charge in [0, 0.05) is 4.47 Å². The van der Waals surface area contributed by atoms with Gasteiger partial charge in [-0.1, -0.05) is 15.9 Å². The van der Waals surface area contributed by atoms with E-state index in [0.29, 0.717) is 5.69 Å². The second-order valence-corrected chi connectivity index (χ2v) is 6.34. The number of nitrogens with one attached hydrogen (secondary N) is 1. The first-order chi connectivity index (χ1) is 10.9. The summed E-state index contributed by atoms with van der Waals surface area (Å²) in [5, 5.41) is 3.87. The third-order valence-corrected chi connectivity index (χ3v) is 4.47. The molecule has 2 amide bonds. The lowest BCUT2D eigenvalue weighted by atomic mass is 9.86. The van der Waals surface area contributed by atoms with Crippen LogP contribution in [0.4, 0.5) is 5.69 Å². The van der Waals surface area contributed by atoms with Crippen LogP contribution in [0.1, 0.15) is 13.8 Å². The number of fused-ring (bicyclic) bond motifs is 1. The molecule has 0 bridgehead atoms. The summed E-state index contributed by atoms with van der Waals surface area (Å²) in [5.74, 6) is -2.61. The van der Waals surface area contributed by atoms with Crippen molar-refractivity contribution in [3.63, 3.8) is 0 Å². The van der Waals surface area contributed by atoms with Crippen molar-refractivity contribution in [2.75, 3.05) is 11.5 Å². The number of carbonyl (C=O) groups is 3. The number of benzene rings is 1. The Morgan fingerprint density at radius 1 is 1.39 bits per heavy atom. The molecule has 23 heavy (non-hydrogen) atoms. The van der Waals surface area contributed by atoms with E-state index in [-0.39, 0.29) is 12.3 Å². The smallest absolute Gasteiger partial charge is 0.355 e. The fraction of sp³-hybridized carbons (Fsp3) is 0.333. The van der Waals surface area contributed by atoms with Crippen molar-refractivity contribution < 1.29 is 19.1 Å². The molecule has 3 rings (SSSR count). The average Bonchev–Trinajstić information content (AvgIpc) is 2.96. The maximum absolute atomic E-state index is 12.8. The number of hydrazone groups is 1. The summed E-state index contributed by atoms with van der Waals surface area (Å²) >= 11 is 3.31. The van der Waals surface area contributed by atoms with E-state index in [9.17, 15) is 14.4 Å². The van der Waals surface area contributed by atoms with Gasteiger partial charge in [-0.05, 0) is 38.1 Å². The van der Waals surface area contributed by atoms with Gasteiger partial charge in [0.15, 0.2) is 5.71 Å². The van der Waals surface area contributed by atoms with Crippen molar-refractivity contribution in [1.82, 2.24) is 5.43 Å². The van der Waals surface area contributed by atoms with Crippen LogP contribution in [0.25, 0.3) is 0 Å². The molecule has 120 valence electrons. The molecule has 2 unspecified atom stereocenters. The number of hydrogen-bond acceptors (Lipinski definition) is 6. The number of rotatable bonds is 3. The predicted molar refractivity (Wildman–Crippen MR) is 85.7 cm³/mol. The molecular formula is C15H14BrN3O4. The number of carbonyl (C=O) groups excluding carboxylic acids is 3. The zero-order valence-corrected chi connectivity index (χ0v) is 14.1. The van der Waals surface area contributed by atoms with E-state index in [0.717, 1.165) is 9.37 Å². The highest BCUT2D eigenvalue weighted by molar-refractivity contribution is 9.10. The SMILES string of the molecule is CCOC(=O)C1=NNC2(C)C(=O)N(c3ccc(Br)cc3)C(=O)C12. The van der Waals surface area contributed by atoms with Crippen LogP contribution in [0.3, 0.4) is 0 Å². The summed E-state index contributed by atoms with van der Waals surface area (Å²) in [6.45, 7) is 3.39. The number of hydrogen-bond donors (Lipinski definition) is 1. The lowest BCUT2D eigenvalue weighted by Crippen LogP contribution is -2.48. The molecule has 1 saturated heterocycles. The molecule has 2 atom stereocenters. The number of anilines is 1. The van der Waals surface area contributed by atoms with E-state index in [1.807, 2.05) is 0 Å². The fourth-order valence-electron chi connectivity index (χ4n) is 2.78. The summed E-state index contributed by atoms with van der Waals surface area (Å²) in [6.07, 6.45) is 0. The summed E-state index contributed by atoms with van der Waals surface area (Å²) in [4.78, 5) is 38.6. The summed E-state index contributed by atoms with van der Waals surface area (Å²) < 4.78 is 5.75. The molecule has 0 aliphatic carbocycles. The van der Waals surface area contributed by atoms with Crippen molar-refractivity contribution in [3.8, 4) is 0 Å². The number of nitrogens with zero attached hydrogens (tertiary/aromatic N) is 2. The zero-order valence-electron chi connectivity index (χ0n) is 12.5. The van der Waals surface area contributed by atoms with E-state index < -0.39 is 29.2 Å². The first-order valence-corrected chi connectivity index (χ1v) is 7.85. The van der Waals surface area contributed by atoms with Crippen LogP contribution in [-0.4, -0.2) is 35.6 Å². The van der Waals surface area contributed by atoms with Crippen LogP contribution in [0.15, 0.2) is 33.8 Å². The summed E-state index contributed by atoms with van der Waals surface area (Å²) in [5.41, 5.74) is 1.76. The van der Waals surface area contributed by atoms with Crippen LogP contribution in [-0.2, 0) is 19.1 Å². The average molecular weight is 380 g/mol. The Morgan fingerprint density at radius 3 is 2.65 bits per heavy atom. The highest BCUT2D eigenvalue weighted by atomic mass is 79.9. The molecule has 7 nitrogen and oxygen atoms in total. The third kappa shape index (κ3) is 2.24. The predicted octanol–water partition coefficient (Wildman–Crippen LogP) is 1.22. The molecule has 1 fully saturated rings. The lowest BCUT2D eigenvalue weighted by Gasteiger charge is -2.20. The van der Waals surface area contributed by atoms with Crippen molar-refractivity contribution in [3.05, 3.63) is 28.7 Å². The van der Waals surface area contributed by atoms with Gasteiger partial charge in [0.25, 0.3) is 5.91 Å². The van der Waals surface area contributed by atoms with E-state index in [4.69, 9.17) is 4.74 Å². The topological polar surface area (TPSA) is 88.1 Å². The monoisotopic (exact) mass is 379 g/mol. The fourth-order valence-corrected chi connectivity index (χ4v) is 3.04. The summed E-state index contributed by atoms with van der Waals surface area (Å²) in [6, 6.07) is 6.79. The van der Waals surface area contributed by atoms with Crippen LogP contribution >= 0.6 is 15.9 Å². The minimum Gasteiger partial charge on any atom is -0.461 e. The maximum atomic E-state index is 12.8. The highest BCUT2D eigenvalue weighted by Gasteiger charge is 2.63. The van der Waals surface area contributed by atoms with E-state index in [1.165, 1.54) is 0 Å². The Labute approximate surface area is 140 Å². The molecule has 1 aromatic rings. The Kier molecular flexibility index (Phi) is 3.71. The quantitative estimate of drug-likeness (QED) is 0.629. The Morgan fingerprint density at radius 2 is 2.04 bits per heavy atom. The van der Waals surface area contributed by atoms with Gasteiger partial charge in [-0.2, -0.15) is 5.10 Å². The molecule has 2 heterocycles. The third-order valence-electron chi connectivity index (χ3n) is 3.94. The normalized spacial score (nSPS) is 26.0. The van der Waals surface area contributed by atoms with Gasteiger partial charge >= 0.3 is 5.97 Å². The minimum atomic E-state index is -1.27. The molecule has 0 radical (unpaired) electrons. The van der Waals surface area contributed by atoms with Crippen molar-refractivity contribution in [2.24, 2.45) is 11.0 Å². The standard InChI is InChI=1S/C15H14BrN3O4/c1-3-23-13(21)11-10-12(20)19(9-6-4-8(16)5-7-9)14(22)15(10,2)18-17-11/h4-7,10,18H,3H2,1-2H3. The number of halogens is 1. The highest BCUT2D eigenvalue weighted by Crippen LogP contribution is 2.38. The Balaban J connectivity index is 1.98. The van der Waals surface area contributed by atoms with Gasteiger partial charge in [-0.25, -0.2) is 9.69 Å². The van der Waals surface area contributed by atoms with Crippen LogP contribution in [0, 0.1) is 5.92 Å². The molecule has 0 aromatic heterocycles. The molecule has 1 aromatic carbocycles. The number of imide groups is 1. The molecule has 8 heteroatoms. The van der Waals surface area contributed by atoms with E-state index in [2.05, 4.69) is 26.5 Å². The zero-order chi connectivity index (χ0) is 16.8. The summed E-state index contributed by atoms with van der Waals surface area (Å²) in [7, 11) is 0. The number of amides is 2. The molecule has 1 N–H and O–H groups in total.